The first-order valence-electron chi connectivity index (χ1n) is 9.26. The number of esters is 1. The van der Waals surface area contributed by atoms with Crippen molar-refractivity contribution in [2.45, 2.75) is 18.4 Å². The molecule has 2 unspecified atom stereocenters. The molecule has 29 heavy (non-hydrogen) atoms. The summed E-state index contributed by atoms with van der Waals surface area (Å²) in [5.41, 5.74) is 0.0326. The number of ether oxygens (including phenoxy) is 5. The average molecular weight is 402 g/mol. The Morgan fingerprint density at radius 3 is 1.97 bits per heavy atom. The second-order valence-corrected chi connectivity index (χ2v) is 6.98. The topological polar surface area (TPSA) is 83.5 Å². The van der Waals surface area contributed by atoms with Gasteiger partial charge in [0.25, 0.3) is 0 Å². The van der Waals surface area contributed by atoms with Gasteiger partial charge in [0.1, 0.15) is 0 Å². The van der Waals surface area contributed by atoms with Gasteiger partial charge in [0.15, 0.2) is 28.6 Å². The highest BCUT2D eigenvalue weighted by Gasteiger charge is 2.51. The van der Waals surface area contributed by atoms with Crippen LogP contribution in [0.25, 0.3) is 0 Å². The zero-order valence-corrected chi connectivity index (χ0v) is 17.1. The molecule has 1 aliphatic heterocycles. The lowest BCUT2D eigenvalue weighted by atomic mass is 9.81. The molecule has 7 nitrogen and oxygen atoms in total. The molecule has 2 aromatic carbocycles. The minimum absolute atomic E-state index is 0.115. The minimum Gasteiger partial charge on any atom is -0.493 e. The second-order valence-electron chi connectivity index (χ2n) is 6.98. The molecule has 1 fully saturated rings. The molecule has 3 rings (SSSR count). The molecule has 0 radical (unpaired) electrons. The summed E-state index contributed by atoms with van der Waals surface area (Å²) in [6, 6.07) is 10.9. The van der Waals surface area contributed by atoms with E-state index in [1.807, 2.05) is 12.1 Å². The fraction of sp³-hybridized carbons (Fsp3) is 0.409. The van der Waals surface area contributed by atoms with Gasteiger partial charge in [-0.3, -0.25) is 0 Å². The summed E-state index contributed by atoms with van der Waals surface area (Å²) in [6.45, 7) is 0.150. The predicted molar refractivity (Wildman–Crippen MR) is 106 cm³/mol. The zero-order chi connectivity index (χ0) is 21.0. The molecule has 0 spiro atoms. The fourth-order valence-electron chi connectivity index (χ4n) is 3.64. The van der Waals surface area contributed by atoms with Gasteiger partial charge < -0.3 is 28.8 Å². The van der Waals surface area contributed by atoms with Crippen LogP contribution in [-0.4, -0.2) is 51.7 Å². The van der Waals surface area contributed by atoms with Crippen LogP contribution < -0.4 is 18.9 Å². The number of rotatable bonds is 8. The Balaban J connectivity index is 1.84. The summed E-state index contributed by atoms with van der Waals surface area (Å²) in [4.78, 5) is 12.4. The van der Waals surface area contributed by atoms with Crippen LogP contribution in [0.3, 0.4) is 0 Å². The van der Waals surface area contributed by atoms with Crippen molar-refractivity contribution in [1.82, 2.24) is 0 Å². The van der Waals surface area contributed by atoms with E-state index in [9.17, 15) is 9.90 Å². The van der Waals surface area contributed by atoms with Crippen molar-refractivity contribution in [2.24, 2.45) is 5.92 Å². The molecule has 0 amide bonds. The standard InChI is InChI=1S/C22H26O7/c1-25-17-7-5-14(10-19(17)27-3)9-16-13-29-21(23)22(16,24)12-15-6-8-18(26-2)20(11-15)28-4/h5-8,10-11,16,24H,9,12-13H2,1-4H3. The summed E-state index contributed by atoms with van der Waals surface area (Å²) in [7, 11) is 6.23. The van der Waals surface area contributed by atoms with Crippen molar-refractivity contribution >= 4 is 5.97 Å². The van der Waals surface area contributed by atoms with Crippen molar-refractivity contribution < 1.29 is 33.6 Å². The fourth-order valence-corrected chi connectivity index (χ4v) is 3.64. The molecule has 0 saturated carbocycles. The van der Waals surface area contributed by atoms with E-state index in [1.165, 1.54) is 0 Å². The lowest BCUT2D eigenvalue weighted by Crippen LogP contribution is -2.44. The molecule has 0 aliphatic carbocycles. The SMILES string of the molecule is COc1ccc(CC2COC(=O)C2(O)Cc2ccc(OC)c(OC)c2)cc1OC. The summed E-state index contributed by atoms with van der Waals surface area (Å²) < 4.78 is 26.4. The molecule has 0 bridgehead atoms. The Morgan fingerprint density at radius 2 is 1.41 bits per heavy atom. The molecule has 1 heterocycles. The quantitative estimate of drug-likeness (QED) is 0.679. The van der Waals surface area contributed by atoms with Gasteiger partial charge in [0.2, 0.25) is 0 Å². The van der Waals surface area contributed by atoms with Gasteiger partial charge >= 0.3 is 5.97 Å². The average Bonchev–Trinajstić information content (AvgIpc) is 3.01. The number of methoxy groups -OCH3 is 4. The van der Waals surface area contributed by atoms with E-state index < -0.39 is 17.5 Å². The van der Waals surface area contributed by atoms with Crippen molar-refractivity contribution in [3.63, 3.8) is 0 Å². The third-order valence-electron chi connectivity index (χ3n) is 5.30. The van der Waals surface area contributed by atoms with Crippen molar-refractivity contribution in [2.75, 3.05) is 35.0 Å². The highest BCUT2D eigenvalue weighted by Crippen LogP contribution is 2.37. The first-order chi connectivity index (χ1) is 13.9. The van der Waals surface area contributed by atoms with E-state index in [0.717, 1.165) is 11.1 Å². The van der Waals surface area contributed by atoms with Crippen LogP contribution in [0.1, 0.15) is 11.1 Å². The van der Waals surface area contributed by atoms with Crippen LogP contribution in [0.2, 0.25) is 0 Å². The maximum absolute atomic E-state index is 12.4. The minimum atomic E-state index is -1.63. The monoisotopic (exact) mass is 402 g/mol. The first-order valence-corrected chi connectivity index (χ1v) is 9.26. The Morgan fingerprint density at radius 1 is 0.897 bits per heavy atom. The first kappa shape index (κ1) is 20.8. The summed E-state index contributed by atoms with van der Waals surface area (Å²) in [5.74, 6) is 1.32. The molecule has 156 valence electrons. The molecular formula is C22H26O7. The summed E-state index contributed by atoms with van der Waals surface area (Å²) >= 11 is 0. The molecule has 7 heteroatoms. The van der Waals surface area contributed by atoms with Gasteiger partial charge in [0.05, 0.1) is 35.0 Å². The van der Waals surface area contributed by atoms with Crippen molar-refractivity contribution in [3.8, 4) is 23.0 Å². The predicted octanol–water partition coefficient (Wildman–Crippen LogP) is 2.41. The van der Waals surface area contributed by atoms with Crippen LogP contribution in [-0.2, 0) is 22.4 Å². The lowest BCUT2D eigenvalue weighted by Gasteiger charge is -2.26. The van der Waals surface area contributed by atoms with E-state index in [-0.39, 0.29) is 13.0 Å². The van der Waals surface area contributed by atoms with Crippen molar-refractivity contribution in [1.29, 1.82) is 0 Å². The maximum Gasteiger partial charge on any atom is 0.338 e. The van der Waals surface area contributed by atoms with Crippen LogP contribution in [0.15, 0.2) is 36.4 Å². The van der Waals surface area contributed by atoms with Gasteiger partial charge in [0, 0.05) is 12.3 Å². The Bertz CT molecular complexity index is 879. The summed E-state index contributed by atoms with van der Waals surface area (Å²) in [5, 5.41) is 11.2. The van der Waals surface area contributed by atoms with Gasteiger partial charge in [-0.15, -0.1) is 0 Å². The highest BCUT2D eigenvalue weighted by molar-refractivity contribution is 5.82. The summed E-state index contributed by atoms with van der Waals surface area (Å²) in [6.07, 6.45) is 0.569. The Kier molecular flexibility index (Phi) is 6.17. The van der Waals surface area contributed by atoms with E-state index in [2.05, 4.69) is 0 Å². The molecule has 0 aromatic heterocycles. The van der Waals surface area contributed by atoms with Crippen LogP contribution in [0.4, 0.5) is 0 Å². The zero-order valence-electron chi connectivity index (χ0n) is 17.1. The number of hydrogen-bond acceptors (Lipinski definition) is 7. The van der Waals surface area contributed by atoms with Crippen LogP contribution in [0.5, 0.6) is 23.0 Å². The Hall–Kier alpha value is -2.93. The van der Waals surface area contributed by atoms with Gasteiger partial charge in [-0.2, -0.15) is 0 Å². The van der Waals surface area contributed by atoms with E-state index in [1.54, 1.807) is 52.7 Å². The molecule has 1 aliphatic rings. The molecule has 2 aromatic rings. The second kappa shape index (κ2) is 8.61. The van der Waals surface area contributed by atoms with E-state index in [4.69, 9.17) is 23.7 Å². The van der Waals surface area contributed by atoms with E-state index >= 15 is 0 Å². The van der Waals surface area contributed by atoms with Gasteiger partial charge in [-0.1, -0.05) is 12.1 Å². The number of aliphatic hydroxyl groups is 1. The van der Waals surface area contributed by atoms with Gasteiger partial charge in [-0.05, 0) is 41.8 Å². The van der Waals surface area contributed by atoms with Crippen LogP contribution >= 0.6 is 0 Å². The number of carbonyl (C=O) groups excluding carboxylic acids is 1. The third-order valence-corrected chi connectivity index (χ3v) is 5.30. The molecule has 1 saturated heterocycles. The highest BCUT2D eigenvalue weighted by atomic mass is 16.6. The van der Waals surface area contributed by atoms with Crippen LogP contribution in [0, 0.1) is 5.92 Å². The van der Waals surface area contributed by atoms with E-state index in [0.29, 0.717) is 29.4 Å². The number of benzene rings is 2. The molecule has 1 N–H and O–H groups in total. The normalized spacial score (nSPS) is 20.9. The molecular weight excluding hydrogens is 376 g/mol. The van der Waals surface area contributed by atoms with Gasteiger partial charge in [-0.25, -0.2) is 4.79 Å². The third kappa shape index (κ3) is 4.10. The Labute approximate surface area is 170 Å². The number of carbonyl (C=O) groups is 1. The lowest BCUT2D eigenvalue weighted by molar-refractivity contribution is -0.154. The largest absolute Gasteiger partial charge is 0.493 e. The number of hydrogen-bond donors (Lipinski definition) is 1. The van der Waals surface area contributed by atoms with Crippen molar-refractivity contribution in [3.05, 3.63) is 47.5 Å². The molecule has 2 atom stereocenters. The maximum atomic E-state index is 12.4. The smallest absolute Gasteiger partial charge is 0.338 e. The number of cyclic esters (lactones) is 1.